The van der Waals surface area contributed by atoms with Gasteiger partial charge in [-0.15, -0.1) is 11.3 Å². The Balaban J connectivity index is 1.73. The highest BCUT2D eigenvalue weighted by Gasteiger charge is 2.34. The quantitative estimate of drug-likeness (QED) is 0.377. The maximum absolute atomic E-state index is 12.7. The van der Waals surface area contributed by atoms with Crippen LogP contribution in [0.3, 0.4) is 0 Å². The molecule has 114 valence electrons. The van der Waals surface area contributed by atoms with Gasteiger partial charge in [0.05, 0.1) is 4.88 Å². The molecule has 3 N–H and O–H groups in total. The van der Waals surface area contributed by atoms with E-state index < -0.39 is 0 Å². The summed E-state index contributed by atoms with van der Waals surface area (Å²) >= 11 is 3.57. The highest BCUT2D eigenvalue weighted by atomic mass is 32.2. The minimum Gasteiger partial charge on any atom is -0.409 e. The van der Waals surface area contributed by atoms with Gasteiger partial charge in [0, 0.05) is 29.6 Å². The summed E-state index contributed by atoms with van der Waals surface area (Å²) in [6.45, 7) is 0.525. The zero-order chi connectivity index (χ0) is 14.8. The molecule has 0 unspecified atom stereocenters. The number of fused-ring (bicyclic) bond motifs is 1. The van der Waals surface area contributed by atoms with Crippen LogP contribution in [-0.4, -0.2) is 40.2 Å². The number of amides is 1. The number of carbonyl (C=O) groups is 1. The first-order valence-corrected chi connectivity index (χ1v) is 9.13. The Labute approximate surface area is 132 Å². The van der Waals surface area contributed by atoms with Crippen molar-refractivity contribution in [3.63, 3.8) is 0 Å². The lowest BCUT2D eigenvalue weighted by Gasteiger charge is -2.21. The molecule has 1 saturated carbocycles. The third kappa shape index (κ3) is 3.35. The van der Waals surface area contributed by atoms with Gasteiger partial charge in [-0.3, -0.25) is 4.79 Å². The number of hydrogen-bond acceptors (Lipinski definition) is 5. The highest BCUT2D eigenvalue weighted by molar-refractivity contribution is 7.98. The third-order valence-electron chi connectivity index (χ3n) is 3.82. The number of rotatable bonds is 5. The van der Waals surface area contributed by atoms with Crippen molar-refractivity contribution in [1.29, 1.82) is 0 Å². The second kappa shape index (κ2) is 6.27. The standard InChI is InChI=1S/C14H19N3O2S2/c15-13(16-19)3-5-17(10-1-2-10)14(18)12-7-9-8-20-6-4-11(9)21-12/h7,10,19H,1-6,8H2,(H2,15,16). The number of oxime groups is 1. The zero-order valence-corrected chi connectivity index (χ0v) is 13.4. The molecule has 0 spiro atoms. The third-order valence-corrected chi connectivity index (χ3v) is 6.06. The van der Waals surface area contributed by atoms with E-state index >= 15 is 0 Å². The van der Waals surface area contributed by atoms with E-state index in [-0.39, 0.29) is 11.7 Å². The average Bonchev–Trinajstić information content (AvgIpc) is 3.24. The second-order valence-corrected chi connectivity index (χ2v) is 7.67. The molecule has 2 aliphatic rings. The predicted octanol–water partition coefficient (Wildman–Crippen LogP) is 2.28. The Morgan fingerprint density at radius 2 is 2.33 bits per heavy atom. The number of carbonyl (C=O) groups excluding carboxylic acids is 1. The molecule has 1 fully saturated rings. The Morgan fingerprint density at radius 3 is 3.00 bits per heavy atom. The van der Waals surface area contributed by atoms with E-state index in [2.05, 4.69) is 11.2 Å². The average molecular weight is 325 g/mol. The van der Waals surface area contributed by atoms with Crippen LogP contribution in [0.2, 0.25) is 0 Å². The van der Waals surface area contributed by atoms with Crippen molar-refractivity contribution in [3.8, 4) is 0 Å². The van der Waals surface area contributed by atoms with Crippen molar-refractivity contribution in [2.45, 2.75) is 37.5 Å². The van der Waals surface area contributed by atoms with Gasteiger partial charge in [0.1, 0.15) is 5.84 Å². The van der Waals surface area contributed by atoms with Gasteiger partial charge in [0.2, 0.25) is 0 Å². The van der Waals surface area contributed by atoms with Crippen molar-refractivity contribution in [3.05, 3.63) is 21.4 Å². The van der Waals surface area contributed by atoms with Crippen LogP contribution in [0.4, 0.5) is 0 Å². The Morgan fingerprint density at radius 1 is 1.52 bits per heavy atom. The SMILES string of the molecule is NC(CCN(C(=O)c1cc2c(s1)CCSC2)C1CC1)=NO. The van der Waals surface area contributed by atoms with Crippen molar-refractivity contribution < 1.29 is 10.0 Å². The van der Waals surface area contributed by atoms with Crippen LogP contribution in [0, 0.1) is 0 Å². The van der Waals surface area contributed by atoms with Gasteiger partial charge >= 0.3 is 0 Å². The van der Waals surface area contributed by atoms with E-state index in [0.29, 0.717) is 19.0 Å². The lowest BCUT2D eigenvalue weighted by molar-refractivity contribution is 0.0752. The van der Waals surface area contributed by atoms with Crippen molar-refractivity contribution in [2.75, 3.05) is 12.3 Å². The molecule has 21 heavy (non-hydrogen) atoms. The van der Waals surface area contributed by atoms with Crippen molar-refractivity contribution >= 4 is 34.8 Å². The van der Waals surface area contributed by atoms with E-state index in [4.69, 9.17) is 10.9 Å². The fourth-order valence-electron chi connectivity index (χ4n) is 2.52. The zero-order valence-electron chi connectivity index (χ0n) is 11.7. The summed E-state index contributed by atoms with van der Waals surface area (Å²) < 4.78 is 0. The molecular formula is C14H19N3O2S2. The smallest absolute Gasteiger partial charge is 0.264 e. The minimum absolute atomic E-state index is 0.104. The van der Waals surface area contributed by atoms with Crippen LogP contribution < -0.4 is 5.73 Å². The van der Waals surface area contributed by atoms with Crippen LogP contribution in [0.1, 0.15) is 39.4 Å². The Kier molecular flexibility index (Phi) is 4.40. The molecule has 1 amide bonds. The molecule has 0 atom stereocenters. The molecule has 1 aromatic heterocycles. The van der Waals surface area contributed by atoms with E-state index in [9.17, 15) is 4.79 Å². The number of thiophene rings is 1. The molecule has 2 heterocycles. The van der Waals surface area contributed by atoms with Crippen LogP contribution in [0.25, 0.3) is 0 Å². The molecule has 0 bridgehead atoms. The molecule has 0 aromatic carbocycles. The summed E-state index contributed by atoms with van der Waals surface area (Å²) in [5, 5.41) is 11.6. The lowest BCUT2D eigenvalue weighted by Crippen LogP contribution is -2.35. The molecule has 5 nitrogen and oxygen atoms in total. The van der Waals surface area contributed by atoms with Gasteiger partial charge < -0.3 is 15.8 Å². The molecule has 1 aliphatic heterocycles. The summed E-state index contributed by atoms with van der Waals surface area (Å²) in [5.41, 5.74) is 6.85. The van der Waals surface area contributed by atoms with Crippen LogP contribution >= 0.6 is 23.1 Å². The first-order valence-electron chi connectivity index (χ1n) is 7.15. The molecule has 0 saturated heterocycles. The topological polar surface area (TPSA) is 78.9 Å². The fourth-order valence-corrected chi connectivity index (χ4v) is 4.84. The molecule has 0 radical (unpaired) electrons. The molecule has 1 aliphatic carbocycles. The predicted molar refractivity (Wildman–Crippen MR) is 86.3 cm³/mol. The summed E-state index contributed by atoms with van der Waals surface area (Å²) in [6, 6.07) is 2.39. The largest absolute Gasteiger partial charge is 0.409 e. The Bertz CT molecular complexity index is 543. The van der Waals surface area contributed by atoms with Gasteiger partial charge in [0.25, 0.3) is 5.91 Å². The van der Waals surface area contributed by atoms with E-state index in [0.717, 1.165) is 35.6 Å². The summed E-state index contributed by atoms with van der Waals surface area (Å²) in [4.78, 5) is 16.8. The maximum Gasteiger partial charge on any atom is 0.264 e. The maximum atomic E-state index is 12.7. The van der Waals surface area contributed by atoms with E-state index in [1.54, 1.807) is 11.3 Å². The molecule has 3 rings (SSSR count). The normalized spacial score (nSPS) is 18.4. The number of nitrogens with two attached hydrogens (primary N) is 1. The molecular weight excluding hydrogens is 306 g/mol. The molecule has 1 aromatic rings. The highest BCUT2D eigenvalue weighted by Crippen LogP contribution is 2.34. The Hall–Kier alpha value is -1.21. The summed E-state index contributed by atoms with van der Waals surface area (Å²) in [6.07, 6.45) is 3.61. The van der Waals surface area contributed by atoms with Gasteiger partial charge in [0.15, 0.2) is 0 Å². The number of aryl methyl sites for hydroxylation is 1. The first kappa shape index (κ1) is 14.7. The number of thioether (sulfide) groups is 1. The van der Waals surface area contributed by atoms with Crippen LogP contribution in [0.5, 0.6) is 0 Å². The van der Waals surface area contributed by atoms with Crippen molar-refractivity contribution in [1.82, 2.24) is 4.90 Å². The van der Waals surface area contributed by atoms with E-state index in [1.807, 2.05) is 16.7 Å². The monoisotopic (exact) mass is 325 g/mol. The van der Waals surface area contributed by atoms with Crippen molar-refractivity contribution in [2.24, 2.45) is 10.9 Å². The van der Waals surface area contributed by atoms with Gasteiger partial charge in [-0.1, -0.05) is 5.16 Å². The van der Waals surface area contributed by atoms with Crippen LogP contribution in [0.15, 0.2) is 11.2 Å². The number of amidine groups is 1. The molecule has 7 heteroatoms. The number of hydrogen-bond donors (Lipinski definition) is 2. The second-order valence-electron chi connectivity index (χ2n) is 5.43. The fraction of sp³-hybridized carbons (Fsp3) is 0.571. The minimum atomic E-state index is 0.104. The lowest BCUT2D eigenvalue weighted by atomic mass is 10.2. The summed E-state index contributed by atoms with van der Waals surface area (Å²) in [5.74, 6) is 2.45. The number of nitrogens with zero attached hydrogens (tertiary/aromatic N) is 2. The van der Waals surface area contributed by atoms with Gasteiger partial charge in [-0.2, -0.15) is 11.8 Å². The first-order chi connectivity index (χ1) is 10.2. The van der Waals surface area contributed by atoms with Gasteiger partial charge in [-0.25, -0.2) is 0 Å². The van der Waals surface area contributed by atoms with Gasteiger partial charge in [-0.05, 0) is 36.6 Å². The van der Waals surface area contributed by atoms with E-state index in [1.165, 1.54) is 10.4 Å². The van der Waals surface area contributed by atoms with Crippen LogP contribution in [-0.2, 0) is 12.2 Å². The summed E-state index contributed by atoms with van der Waals surface area (Å²) in [7, 11) is 0.